The van der Waals surface area contributed by atoms with Crippen LogP contribution in [0.25, 0.3) is 0 Å². The lowest BCUT2D eigenvalue weighted by molar-refractivity contribution is -0.384. The van der Waals surface area contributed by atoms with E-state index < -0.39 is 20.9 Å². The molecule has 21 heavy (non-hydrogen) atoms. The summed E-state index contributed by atoms with van der Waals surface area (Å²) in [6.45, 7) is 0.109. The highest BCUT2D eigenvalue weighted by Crippen LogP contribution is 2.24. The molecule has 0 heterocycles. The van der Waals surface area contributed by atoms with Gasteiger partial charge in [0.1, 0.15) is 5.69 Å². The Hall–Kier alpha value is -2.24. The van der Waals surface area contributed by atoms with Crippen LogP contribution in [0.4, 0.5) is 11.4 Å². The smallest absolute Gasteiger partial charge is 0.293 e. The molecule has 1 aromatic rings. The summed E-state index contributed by atoms with van der Waals surface area (Å²) in [5, 5.41) is 18.0. The van der Waals surface area contributed by atoms with Crippen molar-refractivity contribution in [1.82, 2.24) is 5.32 Å². The first-order valence-electron chi connectivity index (χ1n) is 5.78. The first kappa shape index (κ1) is 16.8. The minimum Gasteiger partial charge on any atom is -0.352 e. The number of rotatable bonds is 7. The van der Waals surface area contributed by atoms with Crippen LogP contribution in [-0.4, -0.2) is 31.5 Å². The number of carbonyl (C=O) groups excluding carboxylic acids is 1. The standard InChI is InChI=1S/C10H15N5O5S/c11-14-8-6-7(2-3-9(8)15(17)18)10(16)13-4-1-5-21(12,19)20/h2-3,6,14H,1,4-5,11H2,(H,13,16)(H2,12,19,20). The summed E-state index contributed by atoms with van der Waals surface area (Å²) in [7, 11) is -3.57. The lowest BCUT2D eigenvalue weighted by atomic mass is 10.1. The number of nitrogens with zero attached hydrogens (tertiary/aromatic N) is 1. The van der Waals surface area contributed by atoms with Crippen LogP contribution in [0.3, 0.4) is 0 Å². The zero-order valence-electron chi connectivity index (χ0n) is 10.9. The van der Waals surface area contributed by atoms with Gasteiger partial charge in [-0.25, -0.2) is 13.6 Å². The number of nitro groups is 1. The summed E-state index contributed by atoms with van der Waals surface area (Å²) in [5.74, 6) is 4.41. The third-order valence-corrected chi connectivity index (χ3v) is 3.36. The van der Waals surface area contributed by atoms with Gasteiger partial charge in [0, 0.05) is 18.2 Å². The van der Waals surface area contributed by atoms with Crippen LogP contribution in [0, 0.1) is 10.1 Å². The fourth-order valence-corrected chi connectivity index (χ4v) is 2.08. The molecule has 0 aromatic heterocycles. The Morgan fingerprint density at radius 3 is 2.57 bits per heavy atom. The topological polar surface area (TPSA) is 170 Å². The molecular formula is C10H15N5O5S. The van der Waals surface area contributed by atoms with Gasteiger partial charge in [0.05, 0.1) is 10.7 Å². The molecule has 0 fully saturated rings. The highest BCUT2D eigenvalue weighted by Gasteiger charge is 2.16. The molecule has 0 radical (unpaired) electrons. The number of anilines is 1. The zero-order chi connectivity index (χ0) is 16.0. The van der Waals surface area contributed by atoms with E-state index in [0.717, 1.165) is 6.07 Å². The van der Waals surface area contributed by atoms with E-state index in [1.54, 1.807) is 0 Å². The van der Waals surface area contributed by atoms with Gasteiger partial charge in [-0.3, -0.25) is 20.8 Å². The van der Waals surface area contributed by atoms with Crippen LogP contribution in [0.5, 0.6) is 0 Å². The van der Waals surface area contributed by atoms with Crippen molar-refractivity contribution in [2.45, 2.75) is 6.42 Å². The van der Waals surface area contributed by atoms with Crippen molar-refractivity contribution in [3.8, 4) is 0 Å². The molecule has 0 saturated heterocycles. The summed E-state index contributed by atoms with van der Waals surface area (Å²) in [4.78, 5) is 21.9. The molecule has 1 rings (SSSR count). The molecule has 6 N–H and O–H groups in total. The zero-order valence-corrected chi connectivity index (χ0v) is 11.7. The van der Waals surface area contributed by atoms with E-state index in [1.807, 2.05) is 0 Å². The van der Waals surface area contributed by atoms with Crippen molar-refractivity contribution in [3.05, 3.63) is 33.9 Å². The molecule has 11 heteroatoms. The van der Waals surface area contributed by atoms with E-state index in [-0.39, 0.29) is 35.7 Å². The Kier molecular flexibility index (Phi) is 5.58. The van der Waals surface area contributed by atoms with Crippen LogP contribution in [0.1, 0.15) is 16.8 Å². The maximum Gasteiger partial charge on any atom is 0.293 e. The normalized spacial score (nSPS) is 11.0. The number of hydrogen-bond donors (Lipinski definition) is 4. The van der Waals surface area contributed by atoms with Crippen molar-refractivity contribution in [3.63, 3.8) is 0 Å². The SMILES string of the molecule is NNc1cc(C(=O)NCCCS(N)(=O)=O)ccc1[N+](=O)[O-]. The largest absolute Gasteiger partial charge is 0.352 e. The molecule has 0 atom stereocenters. The van der Waals surface area contributed by atoms with Gasteiger partial charge in [-0.05, 0) is 18.6 Å². The van der Waals surface area contributed by atoms with Gasteiger partial charge in [-0.1, -0.05) is 0 Å². The second-order valence-corrected chi connectivity index (χ2v) is 5.84. The van der Waals surface area contributed by atoms with Crippen molar-refractivity contribution in [2.24, 2.45) is 11.0 Å². The average molecular weight is 317 g/mol. The molecule has 1 amide bonds. The van der Waals surface area contributed by atoms with E-state index in [2.05, 4.69) is 10.7 Å². The molecule has 116 valence electrons. The van der Waals surface area contributed by atoms with E-state index >= 15 is 0 Å². The van der Waals surface area contributed by atoms with E-state index in [4.69, 9.17) is 11.0 Å². The number of nitrogens with one attached hydrogen (secondary N) is 2. The summed E-state index contributed by atoms with van der Waals surface area (Å²) < 4.78 is 21.4. The molecule has 10 nitrogen and oxygen atoms in total. The summed E-state index contributed by atoms with van der Waals surface area (Å²) in [5.41, 5.74) is 2.03. The lowest BCUT2D eigenvalue weighted by Crippen LogP contribution is -2.27. The van der Waals surface area contributed by atoms with Gasteiger partial charge in [-0.2, -0.15) is 0 Å². The number of nitrogen functional groups attached to an aromatic ring is 1. The number of hydrogen-bond acceptors (Lipinski definition) is 7. The molecule has 0 unspecified atom stereocenters. The van der Waals surface area contributed by atoms with Crippen LogP contribution in [-0.2, 0) is 10.0 Å². The number of primary sulfonamides is 1. The molecule has 0 aliphatic heterocycles. The third kappa shape index (κ3) is 5.33. The fraction of sp³-hybridized carbons (Fsp3) is 0.300. The number of benzene rings is 1. The van der Waals surface area contributed by atoms with E-state index in [1.165, 1.54) is 12.1 Å². The second kappa shape index (κ2) is 6.97. The van der Waals surface area contributed by atoms with Crippen LogP contribution in [0.15, 0.2) is 18.2 Å². The van der Waals surface area contributed by atoms with Crippen molar-refractivity contribution in [2.75, 3.05) is 17.7 Å². The number of nitrogens with two attached hydrogens (primary N) is 2. The number of sulfonamides is 1. The molecule has 1 aromatic carbocycles. The predicted molar refractivity (Wildman–Crippen MR) is 75.8 cm³/mol. The number of amides is 1. The molecule has 0 aliphatic rings. The molecule has 0 spiro atoms. The molecule has 0 saturated carbocycles. The minimum atomic E-state index is -3.57. The second-order valence-electron chi connectivity index (χ2n) is 4.11. The number of nitro benzene ring substituents is 1. The molecule has 0 aliphatic carbocycles. The van der Waals surface area contributed by atoms with E-state index in [0.29, 0.717) is 0 Å². The summed E-state index contributed by atoms with van der Waals surface area (Å²) >= 11 is 0. The highest BCUT2D eigenvalue weighted by atomic mass is 32.2. The number of hydrazine groups is 1. The Morgan fingerprint density at radius 2 is 2.05 bits per heavy atom. The highest BCUT2D eigenvalue weighted by molar-refractivity contribution is 7.89. The van der Waals surface area contributed by atoms with Crippen molar-refractivity contribution >= 4 is 27.3 Å². The fourth-order valence-electron chi connectivity index (χ4n) is 1.53. The van der Waals surface area contributed by atoms with Crippen molar-refractivity contribution < 1.29 is 18.1 Å². The van der Waals surface area contributed by atoms with Gasteiger partial charge in [0.15, 0.2) is 0 Å². The quantitative estimate of drug-likeness (QED) is 0.222. The Bertz CT molecular complexity index is 645. The Labute approximate surface area is 120 Å². The first-order valence-corrected chi connectivity index (χ1v) is 7.50. The lowest BCUT2D eigenvalue weighted by Gasteiger charge is -2.07. The first-order chi connectivity index (χ1) is 9.74. The van der Waals surface area contributed by atoms with Crippen LogP contribution >= 0.6 is 0 Å². The van der Waals surface area contributed by atoms with E-state index in [9.17, 15) is 23.3 Å². The van der Waals surface area contributed by atoms with Gasteiger partial charge in [0.2, 0.25) is 10.0 Å². The molecular weight excluding hydrogens is 302 g/mol. The van der Waals surface area contributed by atoms with Crippen LogP contribution in [0.2, 0.25) is 0 Å². The summed E-state index contributed by atoms with van der Waals surface area (Å²) in [6, 6.07) is 3.65. The van der Waals surface area contributed by atoms with Gasteiger partial charge in [0.25, 0.3) is 11.6 Å². The average Bonchev–Trinajstić information content (AvgIpc) is 2.41. The maximum atomic E-state index is 11.8. The Balaban J connectivity index is 2.69. The van der Waals surface area contributed by atoms with Gasteiger partial charge >= 0.3 is 0 Å². The number of carbonyl (C=O) groups is 1. The van der Waals surface area contributed by atoms with Crippen LogP contribution < -0.4 is 21.7 Å². The predicted octanol–water partition coefficient (Wildman–Crippen LogP) is -0.711. The van der Waals surface area contributed by atoms with Crippen molar-refractivity contribution in [1.29, 1.82) is 0 Å². The molecule has 0 bridgehead atoms. The van der Waals surface area contributed by atoms with Gasteiger partial charge < -0.3 is 10.7 Å². The maximum absolute atomic E-state index is 11.8. The van der Waals surface area contributed by atoms with Gasteiger partial charge in [-0.15, -0.1) is 0 Å². The minimum absolute atomic E-state index is 0.00261. The Morgan fingerprint density at radius 1 is 1.38 bits per heavy atom. The summed E-state index contributed by atoms with van der Waals surface area (Å²) in [6.07, 6.45) is 0.166. The monoisotopic (exact) mass is 317 g/mol. The third-order valence-electron chi connectivity index (χ3n) is 2.50.